The maximum Gasteiger partial charge on any atom is 0.414 e. The van der Waals surface area contributed by atoms with Crippen LogP contribution in [-0.2, 0) is 9.47 Å². The van der Waals surface area contributed by atoms with E-state index in [4.69, 9.17) is 9.47 Å². The van der Waals surface area contributed by atoms with Crippen LogP contribution in [-0.4, -0.2) is 36.8 Å². The molecular weight excluding hydrogens is 449 g/mol. The van der Waals surface area contributed by atoms with Gasteiger partial charge in [0.2, 0.25) is 5.95 Å². The molecule has 1 amide bonds. The first-order chi connectivity index (χ1) is 16.8. The molecule has 1 aliphatic rings. The second kappa shape index (κ2) is 12.0. The van der Waals surface area contributed by atoms with Crippen LogP contribution in [0.2, 0.25) is 0 Å². The highest BCUT2D eigenvalue weighted by Crippen LogP contribution is 2.28. The van der Waals surface area contributed by atoms with Crippen LogP contribution in [0.15, 0.2) is 60.7 Å². The summed E-state index contributed by atoms with van der Waals surface area (Å²) in [6, 6.07) is 18.4. The minimum Gasteiger partial charge on any atom is -0.461 e. The van der Waals surface area contributed by atoms with Crippen LogP contribution in [0.3, 0.4) is 0 Å². The molecule has 0 aliphatic carbocycles. The number of anilines is 2. The van der Waals surface area contributed by atoms with Gasteiger partial charge in [-0.2, -0.15) is 4.39 Å². The van der Waals surface area contributed by atoms with Gasteiger partial charge in [-0.05, 0) is 63.1 Å². The number of amides is 1. The summed E-state index contributed by atoms with van der Waals surface area (Å²) < 4.78 is 23.5. The van der Waals surface area contributed by atoms with Gasteiger partial charge in [0.1, 0.15) is 6.61 Å². The van der Waals surface area contributed by atoms with Crippen molar-refractivity contribution in [1.82, 2.24) is 4.98 Å². The van der Waals surface area contributed by atoms with Crippen molar-refractivity contribution in [2.24, 2.45) is 0 Å². The van der Waals surface area contributed by atoms with Gasteiger partial charge in [-0.15, -0.1) is 0 Å². The zero-order valence-corrected chi connectivity index (χ0v) is 20.4. The Morgan fingerprint density at radius 1 is 1.14 bits per heavy atom. The highest BCUT2D eigenvalue weighted by molar-refractivity contribution is 5.93. The molecule has 35 heavy (non-hydrogen) atoms. The summed E-state index contributed by atoms with van der Waals surface area (Å²) in [6.07, 6.45) is -0.371. The second-order valence-electron chi connectivity index (χ2n) is 8.14. The van der Waals surface area contributed by atoms with Crippen molar-refractivity contribution in [3.63, 3.8) is 0 Å². The Kier molecular flexibility index (Phi) is 8.78. The Morgan fingerprint density at radius 3 is 2.49 bits per heavy atom. The lowest BCUT2D eigenvalue weighted by molar-refractivity contribution is 0.0519. The van der Waals surface area contributed by atoms with E-state index in [-0.39, 0.29) is 24.4 Å². The van der Waals surface area contributed by atoms with E-state index in [9.17, 15) is 14.0 Å². The molecule has 0 saturated carbocycles. The number of aryl methyl sites for hydroxylation is 2. The number of carbonyl (C=O) groups excluding carboxylic acids is 2. The molecular formula is C27H30FN3O4. The zero-order valence-electron chi connectivity index (χ0n) is 20.4. The number of nitrogens with zero attached hydrogens (tertiary/aromatic N) is 2. The van der Waals surface area contributed by atoms with Gasteiger partial charge in [-0.1, -0.05) is 42.0 Å². The van der Waals surface area contributed by atoms with Gasteiger partial charge >= 0.3 is 12.1 Å². The first-order valence-electron chi connectivity index (χ1n) is 11.5. The number of hydrogen-bond acceptors (Lipinski definition) is 6. The first-order valence-corrected chi connectivity index (χ1v) is 11.5. The lowest BCUT2D eigenvalue weighted by atomic mass is 10.0. The van der Waals surface area contributed by atoms with Crippen molar-refractivity contribution in [2.45, 2.75) is 33.7 Å². The highest BCUT2D eigenvalue weighted by Gasteiger charge is 2.25. The summed E-state index contributed by atoms with van der Waals surface area (Å²) >= 11 is 0. The predicted molar refractivity (Wildman–Crippen MR) is 133 cm³/mol. The third-order valence-corrected chi connectivity index (χ3v) is 5.30. The number of rotatable bonds is 6. The van der Waals surface area contributed by atoms with Crippen molar-refractivity contribution >= 4 is 23.4 Å². The molecule has 0 radical (unpaired) electrons. The molecule has 8 heteroatoms. The van der Waals surface area contributed by atoms with Crippen LogP contribution >= 0.6 is 0 Å². The zero-order chi connectivity index (χ0) is 25.4. The average molecular weight is 480 g/mol. The van der Waals surface area contributed by atoms with Gasteiger partial charge < -0.3 is 14.8 Å². The number of halogens is 1. The van der Waals surface area contributed by atoms with E-state index in [1.165, 1.54) is 17.7 Å². The molecule has 1 aliphatic heterocycles. The van der Waals surface area contributed by atoms with Gasteiger partial charge in [0.25, 0.3) is 0 Å². The van der Waals surface area contributed by atoms with Crippen LogP contribution in [0.25, 0.3) is 0 Å². The second-order valence-corrected chi connectivity index (χ2v) is 8.14. The number of nitrogens with one attached hydrogen (secondary N) is 1. The molecule has 4 rings (SSSR count). The van der Waals surface area contributed by atoms with Gasteiger partial charge in [0.15, 0.2) is 5.69 Å². The van der Waals surface area contributed by atoms with Crippen LogP contribution in [0, 0.1) is 19.8 Å². The molecule has 0 spiro atoms. The van der Waals surface area contributed by atoms with Crippen LogP contribution in [0.1, 0.15) is 47.1 Å². The fraction of sp³-hybridized carbons (Fsp3) is 0.296. The smallest absolute Gasteiger partial charge is 0.414 e. The summed E-state index contributed by atoms with van der Waals surface area (Å²) in [5.74, 6) is -1.45. The molecule has 3 aromatic rings. The maximum absolute atomic E-state index is 13.5. The molecule has 1 unspecified atom stereocenters. The number of esters is 1. The Morgan fingerprint density at radius 2 is 1.89 bits per heavy atom. The predicted octanol–water partition coefficient (Wildman–Crippen LogP) is 5.83. The van der Waals surface area contributed by atoms with E-state index in [0.29, 0.717) is 18.8 Å². The van der Waals surface area contributed by atoms with Crippen molar-refractivity contribution in [3.05, 3.63) is 89.0 Å². The number of benzene rings is 2. The molecule has 1 saturated heterocycles. The number of carbonyl (C=O) groups is 2. The number of aromatic nitrogens is 1. The molecule has 7 nitrogen and oxygen atoms in total. The fourth-order valence-electron chi connectivity index (χ4n) is 3.58. The molecule has 1 aromatic heterocycles. The largest absolute Gasteiger partial charge is 0.461 e. The first kappa shape index (κ1) is 25.7. The minimum absolute atomic E-state index is 0.107. The molecule has 0 bridgehead atoms. The molecule has 1 N–H and O–H groups in total. The molecule has 1 atom stereocenters. The number of pyridine rings is 1. The summed E-state index contributed by atoms with van der Waals surface area (Å²) in [7, 11) is 0. The maximum atomic E-state index is 13.5. The van der Waals surface area contributed by atoms with Crippen molar-refractivity contribution in [1.29, 1.82) is 0 Å². The fourth-order valence-corrected chi connectivity index (χ4v) is 3.58. The summed E-state index contributed by atoms with van der Waals surface area (Å²) in [6.45, 7) is 8.62. The Hall–Kier alpha value is -3.94. The van der Waals surface area contributed by atoms with Crippen LogP contribution < -0.4 is 10.2 Å². The van der Waals surface area contributed by atoms with Crippen LogP contribution in [0.4, 0.5) is 20.6 Å². The third-order valence-electron chi connectivity index (χ3n) is 5.30. The number of cyclic esters (lactones) is 1. The van der Waals surface area contributed by atoms with Crippen molar-refractivity contribution < 1.29 is 23.5 Å². The molecule has 1 fully saturated rings. The Balaban J connectivity index is 0.000000420. The monoisotopic (exact) mass is 479 g/mol. The summed E-state index contributed by atoms with van der Waals surface area (Å²) in [5, 5.41) is 3.18. The Labute approximate surface area is 204 Å². The van der Waals surface area contributed by atoms with E-state index < -0.39 is 11.9 Å². The summed E-state index contributed by atoms with van der Waals surface area (Å²) in [4.78, 5) is 29.2. The van der Waals surface area contributed by atoms with E-state index in [0.717, 1.165) is 16.8 Å². The lowest BCUT2D eigenvalue weighted by Crippen LogP contribution is -2.23. The topological polar surface area (TPSA) is 80.8 Å². The van der Waals surface area contributed by atoms with E-state index in [2.05, 4.69) is 29.4 Å². The highest BCUT2D eigenvalue weighted by atomic mass is 19.1. The molecule has 2 heterocycles. The standard InChI is InChI=1S/C20H22FN3O4.C7H8/c1-4-27-19(25)18-16(5-6-17(21)23-18)22-13(3)14-9-12(2)10-15(11-14)24-7-8-28-20(24)26;1-7-5-3-2-4-6-7/h5-6,9-11,13,22H,4,7-8H2,1-3H3;2-6H,1H3. The average Bonchev–Trinajstić information content (AvgIpc) is 3.26. The van der Waals surface area contributed by atoms with E-state index in [1.807, 2.05) is 50.2 Å². The van der Waals surface area contributed by atoms with Gasteiger partial charge in [0.05, 0.1) is 18.8 Å². The molecule has 2 aromatic carbocycles. The van der Waals surface area contributed by atoms with E-state index >= 15 is 0 Å². The van der Waals surface area contributed by atoms with Gasteiger partial charge in [-0.25, -0.2) is 14.6 Å². The minimum atomic E-state index is -0.758. The van der Waals surface area contributed by atoms with Gasteiger partial charge in [-0.3, -0.25) is 4.90 Å². The summed E-state index contributed by atoms with van der Waals surface area (Å²) in [5.41, 5.74) is 4.20. The number of ether oxygens (including phenoxy) is 2. The Bertz CT molecular complexity index is 1170. The van der Waals surface area contributed by atoms with Crippen molar-refractivity contribution in [2.75, 3.05) is 30.0 Å². The van der Waals surface area contributed by atoms with Gasteiger partial charge in [0, 0.05) is 11.7 Å². The van der Waals surface area contributed by atoms with Crippen molar-refractivity contribution in [3.8, 4) is 0 Å². The number of hydrogen-bond donors (Lipinski definition) is 1. The quantitative estimate of drug-likeness (QED) is 0.354. The normalized spacial score (nSPS) is 13.4. The molecule has 184 valence electrons. The third kappa shape index (κ3) is 7.02. The lowest BCUT2D eigenvalue weighted by Gasteiger charge is -2.21. The van der Waals surface area contributed by atoms with Crippen LogP contribution in [0.5, 0.6) is 0 Å². The SMILES string of the molecule is CCOC(=O)c1nc(F)ccc1NC(C)c1cc(C)cc(N2CCOC2=O)c1.Cc1ccccc1. The van der Waals surface area contributed by atoms with E-state index in [1.54, 1.807) is 11.8 Å².